The van der Waals surface area contributed by atoms with Crippen LogP contribution in [0.5, 0.6) is 0 Å². The summed E-state index contributed by atoms with van der Waals surface area (Å²) in [5.74, 6) is 0.766. The summed E-state index contributed by atoms with van der Waals surface area (Å²) < 4.78 is 2.23. The van der Waals surface area contributed by atoms with E-state index in [1.807, 2.05) is 12.1 Å². The third-order valence-corrected chi connectivity index (χ3v) is 6.00. The van der Waals surface area contributed by atoms with Crippen LogP contribution < -0.4 is 14.9 Å². The average molecular weight is 424 g/mol. The van der Waals surface area contributed by atoms with E-state index >= 15 is 0 Å². The van der Waals surface area contributed by atoms with Gasteiger partial charge in [0.05, 0.1) is 21.3 Å². The van der Waals surface area contributed by atoms with Crippen LogP contribution in [0.4, 0.5) is 17.1 Å². The fourth-order valence-corrected chi connectivity index (χ4v) is 4.30. The van der Waals surface area contributed by atoms with Gasteiger partial charge >= 0.3 is 0 Å². The number of nitrogens with one attached hydrogen (secondary N) is 2. The minimum atomic E-state index is -0.325. The van der Waals surface area contributed by atoms with Crippen LogP contribution >= 0.6 is 35.1 Å². The first-order valence-corrected chi connectivity index (χ1v) is 10.3. The van der Waals surface area contributed by atoms with Gasteiger partial charge in [-0.1, -0.05) is 29.6 Å². The molecule has 2 amide bonds. The number of amides is 2. The second-order valence-electron chi connectivity index (χ2n) is 6.07. The maximum absolute atomic E-state index is 12.6. The molecule has 0 radical (unpaired) electrons. The third-order valence-electron chi connectivity index (χ3n) is 4.18. The van der Waals surface area contributed by atoms with Crippen molar-refractivity contribution in [3.8, 4) is 0 Å². The number of benzene rings is 2. The second kappa shape index (κ2) is 9.35. The standard InChI is InChI=1S/C19H19Cl2N3O2S/c20-16-7-4-13(10-18(16)22-12-25)23-19(26)15-6-5-14(11-17(15)21)24-8-2-1-3-9-27-24/h4-7,10-12H,1-3,8-9H2,(H,22,25)(H,23,26). The maximum Gasteiger partial charge on any atom is 0.257 e. The molecule has 3 rings (SSSR count). The lowest BCUT2D eigenvalue weighted by molar-refractivity contribution is -0.105. The first-order chi connectivity index (χ1) is 13.1. The Morgan fingerprint density at radius 1 is 1.07 bits per heavy atom. The van der Waals surface area contributed by atoms with Crippen LogP contribution in [-0.4, -0.2) is 24.6 Å². The third kappa shape index (κ3) is 5.09. The van der Waals surface area contributed by atoms with E-state index in [-0.39, 0.29) is 5.91 Å². The Balaban J connectivity index is 1.75. The van der Waals surface area contributed by atoms with Crippen LogP contribution in [-0.2, 0) is 4.79 Å². The molecule has 0 aliphatic carbocycles. The summed E-state index contributed by atoms with van der Waals surface area (Å²) in [4.78, 5) is 23.2. The molecule has 0 saturated carbocycles. The summed E-state index contributed by atoms with van der Waals surface area (Å²) in [6.07, 6.45) is 4.14. The Kier molecular flexibility index (Phi) is 6.88. The number of rotatable bonds is 5. The van der Waals surface area contributed by atoms with Crippen molar-refractivity contribution in [3.05, 3.63) is 52.0 Å². The largest absolute Gasteiger partial charge is 0.327 e. The summed E-state index contributed by atoms with van der Waals surface area (Å²) in [7, 11) is 0. The average Bonchev–Trinajstić information content (AvgIpc) is 2.94. The van der Waals surface area contributed by atoms with Gasteiger partial charge in [0.15, 0.2) is 0 Å². The number of hydrogen-bond donors (Lipinski definition) is 2. The van der Waals surface area contributed by atoms with Gasteiger partial charge in [-0.2, -0.15) is 0 Å². The molecule has 8 heteroatoms. The van der Waals surface area contributed by atoms with Crippen LogP contribution in [0.15, 0.2) is 36.4 Å². The molecule has 1 saturated heterocycles. The van der Waals surface area contributed by atoms with Crippen molar-refractivity contribution in [2.75, 3.05) is 27.2 Å². The quantitative estimate of drug-likeness (QED) is 0.495. The molecular weight excluding hydrogens is 405 g/mol. The van der Waals surface area contributed by atoms with E-state index in [1.165, 1.54) is 12.8 Å². The summed E-state index contributed by atoms with van der Waals surface area (Å²) in [6, 6.07) is 10.3. The van der Waals surface area contributed by atoms with Crippen molar-refractivity contribution in [2.24, 2.45) is 0 Å². The van der Waals surface area contributed by atoms with Crippen molar-refractivity contribution in [1.29, 1.82) is 0 Å². The highest BCUT2D eigenvalue weighted by Gasteiger charge is 2.16. The van der Waals surface area contributed by atoms with Crippen LogP contribution in [0.25, 0.3) is 0 Å². The van der Waals surface area contributed by atoms with Crippen molar-refractivity contribution in [3.63, 3.8) is 0 Å². The van der Waals surface area contributed by atoms with Gasteiger partial charge in [-0.15, -0.1) is 0 Å². The number of carbonyl (C=O) groups excluding carboxylic acids is 2. The number of halogens is 2. The number of anilines is 3. The fourth-order valence-electron chi connectivity index (χ4n) is 2.80. The van der Waals surface area contributed by atoms with Crippen LogP contribution in [0.2, 0.25) is 10.0 Å². The Hall–Kier alpha value is -1.89. The molecule has 5 nitrogen and oxygen atoms in total. The number of carbonyl (C=O) groups is 2. The van der Waals surface area contributed by atoms with E-state index in [4.69, 9.17) is 23.2 Å². The zero-order chi connectivity index (χ0) is 19.2. The normalized spacial score (nSPS) is 14.4. The molecular formula is C19H19Cl2N3O2S. The van der Waals surface area contributed by atoms with Gasteiger partial charge in [0.1, 0.15) is 0 Å². The Labute approximate surface area is 172 Å². The SMILES string of the molecule is O=CNc1cc(NC(=O)c2ccc(N3CCCCCS3)cc2Cl)ccc1Cl. The fraction of sp³-hybridized carbons (Fsp3) is 0.263. The summed E-state index contributed by atoms with van der Waals surface area (Å²) in [5, 5.41) is 6.05. The zero-order valence-electron chi connectivity index (χ0n) is 14.5. The summed E-state index contributed by atoms with van der Waals surface area (Å²) in [6.45, 7) is 0.976. The van der Waals surface area contributed by atoms with Gasteiger partial charge in [0, 0.05) is 23.7 Å². The smallest absolute Gasteiger partial charge is 0.257 e. The predicted molar refractivity (Wildman–Crippen MR) is 114 cm³/mol. The van der Waals surface area contributed by atoms with Crippen LogP contribution in [0.1, 0.15) is 29.6 Å². The molecule has 0 bridgehead atoms. The molecule has 142 valence electrons. The van der Waals surface area contributed by atoms with E-state index in [0.29, 0.717) is 33.4 Å². The first-order valence-electron chi connectivity index (χ1n) is 8.59. The van der Waals surface area contributed by atoms with E-state index < -0.39 is 0 Å². The highest BCUT2D eigenvalue weighted by atomic mass is 35.5. The molecule has 1 aliphatic rings. The molecule has 27 heavy (non-hydrogen) atoms. The molecule has 1 heterocycles. The molecule has 0 aromatic heterocycles. The molecule has 2 aromatic carbocycles. The Morgan fingerprint density at radius 2 is 1.93 bits per heavy atom. The van der Waals surface area contributed by atoms with Gasteiger partial charge in [0.2, 0.25) is 6.41 Å². The van der Waals surface area contributed by atoms with Crippen LogP contribution in [0.3, 0.4) is 0 Å². The van der Waals surface area contributed by atoms with Crippen molar-refractivity contribution in [2.45, 2.75) is 19.3 Å². The lowest BCUT2D eigenvalue weighted by atomic mass is 10.1. The topological polar surface area (TPSA) is 61.4 Å². The molecule has 1 aliphatic heterocycles. The maximum atomic E-state index is 12.6. The van der Waals surface area contributed by atoms with E-state index in [9.17, 15) is 9.59 Å². The van der Waals surface area contributed by atoms with Gasteiger partial charge in [-0.3, -0.25) is 9.59 Å². The van der Waals surface area contributed by atoms with Crippen molar-refractivity contribution in [1.82, 2.24) is 0 Å². The number of nitrogens with zero attached hydrogens (tertiary/aromatic N) is 1. The van der Waals surface area contributed by atoms with Crippen molar-refractivity contribution < 1.29 is 9.59 Å². The minimum absolute atomic E-state index is 0.325. The molecule has 0 spiro atoms. The van der Waals surface area contributed by atoms with Gasteiger partial charge < -0.3 is 14.9 Å². The van der Waals surface area contributed by atoms with E-state index in [2.05, 4.69) is 14.9 Å². The van der Waals surface area contributed by atoms with Gasteiger partial charge in [0.25, 0.3) is 5.91 Å². The lowest BCUT2D eigenvalue weighted by Gasteiger charge is -2.21. The zero-order valence-corrected chi connectivity index (χ0v) is 16.8. The molecule has 2 aromatic rings. The Bertz CT molecular complexity index is 840. The summed E-state index contributed by atoms with van der Waals surface area (Å²) >= 11 is 14.2. The first kappa shape index (κ1) is 19.9. The molecule has 0 unspecified atom stereocenters. The van der Waals surface area contributed by atoms with E-state index in [0.717, 1.165) is 24.4 Å². The van der Waals surface area contributed by atoms with Gasteiger partial charge in [-0.05, 0) is 61.2 Å². The van der Waals surface area contributed by atoms with Gasteiger partial charge in [-0.25, -0.2) is 0 Å². The number of hydrogen-bond acceptors (Lipinski definition) is 4. The van der Waals surface area contributed by atoms with Crippen molar-refractivity contribution >= 4 is 64.5 Å². The highest BCUT2D eigenvalue weighted by Crippen LogP contribution is 2.31. The minimum Gasteiger partial charge on any atom is -0.327 e. The second-order valence-corrected chi connectivity index (χ2v) is 7.99. The molecule has 2 N–H and O–H groups in total. The van der Waals surface area contributed by atoms with E-state index in [1.54, 1.807) is 36.2 Å². The molecule has 1 fully saturated rings. The highest BCUT2D eigenvalue weighted by molar-refractivity contribution is 8.00. The van der Waals surface area contributed by atoms with Crippen LogP contribution in [0, 0.1) is 0 Å². The molecule has 0 atom stereocenters. The summed E-state index contributed by atoms with van der Waals surface area (Å²) in [5.41, 5.74) is 2.33. The lowest BCUT2D eigenvalue weighted by Crippen LogP contribution is -2.16. The monoisotopic (exact) mass is 423 g/mol. The predicted octanol–water partition coefficient (Wildman–Crippen LogP) is 5.45. The Morgan fingerprint density at radius 3 is 2.70 bits per heavy atom.